The summed E-state index contributed by atoms with van der Waals surface area (Å²) in [5.74, 6) is -2.48. The third-order valence-electron chi connectivity index (χ3n) is 7.27. The Balaban J connectivity index is 1.32. The van der Waals surface area contributed by atoms with Crippen LogP contribution in [0.2, 0.25) is 0 Å². The van der Waals surface area contributed by atoms with Crippen molar-refractivity contribution in [3.8, 4) is 0 Å². The van der Waals surface area contributed by atoms with Gasteiger partial charge in [-0.1, -0.05) is 46.3 Å². The van der Waals surface area contributed by atoms with Crippen LogP contribution in [0.15, 0.2) is 71.2 Å². The molecule has 0 saturated carbocycles. The zero-order valence-electron chi connectivity index (χ0n) is 23.6. The second kappa shape index (κ2) is 15.6. The summed E-state index contributed by atoms with van der Waals surface area (Å²) in [5.41, 5.74) is 2.30. The van der Waals surface area contributed by atoms with Gasteiger partial charge in [-0.15, -0.1) is 0 Å². The molecule has 1 aliphatic heterocycles. The molecule has 12 heteroatoms. The highest BCUT2D eigenvalue weighted by molar-refractivity contribution is 9.10. The van der Waals surface area contributed by atoms with E-state index in [4.69, 9.17) is 9.47 Å². The van der Waals surface area contributed by atoms with Gasteiger partial charge in [0.25, 0.3) is 0 Å². The number of esters is 1. The molecular formula is C32H32BrF5N2O4. The number of benzene rings is 3. The van der Waals surface area contributed by atoms with Crippen molar-refractivity contribution in [2.45, 2.75) is 56.3 Å². The minimum Gasteiger partial charge on any atom is -0.464 e. The van der Waals surface area contributed by atoms with E-state index in [0.717, 1.165) is 15.6 Å². The number of anilines is 1. The summed E-state index contributed by atoms with van der Waals surface area (Å²) in [5, 5.41) is 5.99. The van der Waals surface area contributed by atoms with Crippen molar-refractivity contribution in [2.24, 2.45) is 0 Å². The molecule has 236 valence electrons. The van der Waals surface area contributed by atoms with Crippen LogP contribution in [0.4, 0.5) is 27.6 Å². The Kier molecular flexibility index (Phi) is 11.9. The molecule has 0 unspecified atom stereocenters. The van der Waals surface area contributed by atoms with E-state index in [2.05, 4.69) is 26.6 Å². The van der Waals surface area contributed by atoms with Gasteiger partial charge in [0.05, 0.1) is 31.6 Å². The highest BCUT2D eigenvalue weighted by Gasteiger charge is 2.29. The largest absolute Gasteiger partial charge is 0.464 e. The lowest BCUT2D eigenvalue weighted by molar-refractivity contribution is -0.158. The van der Waals surface area contributed by atoms with Gasteiger partial charge in [0, 0.05) is 34.6 Å². The summed E-state index contributed by atoms with van der Waals surface area (Å²) in [6.07, 6.45) is -5.96. The molecule has 0 radical (unpaired) electrons. The Hall–Kier alpha value is -3.35. The Morgan fingerprint density at radius 2 is 1.70 bits per heavy atom. The molecule has 4 rings (SSSR count). The lowest BCUT2D eigenvalue weighted by Crippen LogP contribution is -2.49. The van der Waals surface area contributed by atoms with E-state index in [9.17, 15) is 31.5 Å². The SMILES string of the molecule is O=C(C[C@H](c1ccc(F)cc1)c1ccc(Br)cc1)Nc1cccc(F)c1CC[C@@H]1CN[C@H](COC(=O)CCC(F)(F)F)CO1. The molecule has 1 amide bonds. The molecule has 2 N–H and O–H groups in total. The average molecular weight is 684 g/mol. The van der Waals surface area contributed by atoms with Crippen LogP contribution >= 0.6 is 15.9 Å². The Morgan fingerprint density at radius 1 is 1.02 bits per heavy atom. The average Bonchev–Trinajstić information content (AvgIpc) is 2.99. The van der Waals surface area contributed by atoms with E-state index >= 15 is 0 Å². The number of rotatable bonds is 12. The number of alkyl halides is 3. The van der Waals surface area contributed by atoms with E-state index in [0.29, 0.717) is 24.2 Å². The standard InChI is InChI=1S/C32H32BrF5N2O4/c33-22-8-4-20(5-9-22)27(21-6-10-23(34)11-7-21)16-30(41)40-29-3-1-2-28(35)26(29)13-12-25-17-39-24(18-43-25)19-44-31(42)14-15-32(36,37)38/h1-11,24-25,27,39H,12-19H2,(H,40,41)/t24-,25+,27-/m0/s1. The van der Waals surface area contributed by atoms with Crippen molar-refractivity contribution in [3.63, 3.8) is 0 Å². The zero-order chi connectivity index (χ0) is 31.7. The molecule has 0 bridgehead atoms. The van der Waals surface area contributed by atoms with Crippen LogP contribution < -0.4 is 10.6 Å². The van der Waals surface area contributed by atoms with Crippen LogP contribution in [-0.2, 0) is 25.5 Å². The van der Waals surface area contributed by atoms with Crippen molar-refractivity contribution < 1.29 is 41.0 Å². The number of hydrogen-bond acceptors (Lipinski definition) is 5. The second-order valence-corrected chi connectivity index (χ2v) is 11.5. The molecule has 1 aliphatic rings. The predicted molar refractivity (Wildman–Crippen MR) is 158 cm³/mol. The first-order valence-corrected chi connectivity index (χ1v) is 14.9. The van der Waals surface area contributed by atoms with E-state index in [1.807, 2.05) is 24.3 Å². The Labute approximate surface area is 260 Å². The lowest BCUT2D eigenvalue weighted by atomic mass is 9.88. The molecule has 1 heterocycles. The van der Waals surface area contributed by atoms with Crippen molar-refractivity contribution in [2.75, 3.05) is 25.1 Å². The zero-order valence-corrected chi connectivity index (χ0v) is 25.2. The van der Waals surface area contributed by atoms with E-state index in [1.54, 1.807) is 18.2 Å². The van der Waals surface area contributed by atoms with Crippen LogP contribution in [0.3, 0.4) is 0 Å². The third-order valence-corrected chi connectivity index (χ3v) is 7.80. The summed E-state index contributed by atoms with van der Waals surface area (Å²) in [4.78, 5) is 24.8. The summed E-state index contributed by atoms with van der Waals surface area (Å²) in [6.45, 7) is 0.415. The molecule has 3 aromatic rings. The van der Waals surface area contributed by atoms with Gasteiger partial charge in [0.1, 0.15) is 18.2 Å². The number of amides is 1. The monoisotopic (exact) mass is 682 g/mol. The first-order chi connectivity index (χ1) is 21.0. The van der Waals surface area contributed by atoms with Gasteiger partial charge < -0.3 is 20.1 Å². The molecule has 1 fully saturated rings. The van der Waals surface area contributed by atoms with Gasteiger partial charge in [-0.2, -0.15) is 13.2 Å². The highest BCUT2D eigenvalue weighted by Crippen LogP contribution is 2.31. The molecular weight excluding hydrogens is 651 g/mol. The van der Waals surface area contributed by atoms with E-state index < -0.39 is 30.8 Å². The normalized spacial score (nSPS) is 17.6. The van der Waals surface area contributed by atoms with Gasteiger partial charge in [-0.3, -0.25) is 9.59 Å². The number of halogens is 6. The van der Waals surface area contributed by atoms with E-state index in [-0.39, 0.29) is 55.8 Å². The van der Waals surface area contributed by atoms with Gasteiger partial charge in [-0.05, 0) is 60.4 Å². The van der Waals surface area contributed by atoms with Crippen LogP contribution in [0, 0.1) is 11.6 Å². The summed E-state index contributed by atoms with van der Waals surface area (Å²) >= 11 is 3.41. The molecule has 0 spiro atoms. The van der Waals surface area contributed by atoms with Crippen LogP contribution in [0.5, 0.6) is 0 Å². The first kappa shape index (κ1) is 33.5. The Bertz CT molecular complexity index is 1350. The smallest absolute Gasteiger partial charge is 0.389 e. The second-order valence-electron chi connectivity index (χ2n) is 10.6. The maximum Gasteiger partial charge on any atom is 0.389 e. The van der Waals surface area contributed by atoms with Gasteiger partial charge in [-0.25, -0.2) is 8.78 Å². The molecule has 0 aromatic heterocycles. The topological polar surface area (TPSA) is 76.7 Å². The number of carbonyl (C=O) groups excluding carboxylic acids is 2. The van der Waals surface area contributed by atoms with Crippen molar-refractivity contribution in [3.05, 3.63) is 99.5 Å². The minimum atomic E-state index is -4.42. The third kappa shape index (κ3) is 10.4. The van der Waals surface area contributed by atoms with Crippen molar-refractivity contribution in [1.82, 2.24) is 5.32 Å². The lowest BCUT2D eigenvalue weighted by Gasteiger charge is -2.30. The number of ether oxygens (including phenoxy) is 2. The fourth-order valence-electron chi connectivity index (χ4n) is 4.91. The molecule has 44 heavy (non-hydrogen) atoms. The number of nitrogens with one attached hydrogen (secondary N) is 2. The molecule has 1 saturated heterocycles. The van der Waals surface area contributed by atoms with Gasteiger partial charge >= 0.3 is 12.1 Å². The first-order valence-electron chi connectivity index (χ1n) is 14.1. The van der Waals surface area contributed by atoms with Gasteiger partial charge in [0.2, 0.25) is 5.91 Å². The maximum atomic E-state index is 14.9. The fraction of sp³-hybridized carbons (Fsp3) is 0.375. The Morgan fingerprint density at radius 3 is 2.34 bits per heavy atom. The molecule has 0 aliphatic carbocycles. The maximum absolute atomic E-state index is 14.9. The number of hydrogen-bond donors (Lipinski definition) is 2. The number of morpholine rings is 1. The quantitative estimate of drug-likeness (QED) is 0.158. The fourth-order valence-corrected chi connectivity index (χ4v) is 5.17. The van der Waals surface area contributed by atoms with Crippen molar-refractivity contribution >= 4 is 33.5 Å². The summed E-state index contributed by atoms with van der Waals surface area (Å²) in [6, 6.07) is 17.6. The van der Waals surface area contributed by atoms with E-state index in [1.165, 1.54) is 24.3 Å². The summed E-state index contributed by atoms with van der Waals surface area (Å²) < 4.78 is 76.9. The minimum absolute atomic E-state index is 0.0427. The van der Waals surface area contributed by atoms with Crippen molar-refractivity contribution in [1.29, 1.82) is 0 Å². The number of carbonyl (C=O) groups is 2. The van der Waals surface area contributed by atoms with Crippen LogP contribution in [0.1, 0.15) is 48.3 Å². The molecule has 3 atom stereocenters. The molecule has 3 aromatic carbocycles. The van der Waals surface area contributed by atoms with Gasteiger partial charge in [0.15, 0.2) is 0 Å². The van der Waals surface area contributed by atoms with Crippen LogP contribution in [-0.4, -0.2) is 50.0 Å². The predicted octanol–water partition coefficient (Wildman–Crippen LogP) is 7.06. The van der Waals surface area contributed by atoms with Crippen LogP contribution in [0.25, 0.3) is 0 Å². The highest BCUT2D eigenvalue weighted by atomic mass is 79.9. The molecule has 6 nitrogen and oxygen atoms in total. The summed E-state index contributed by atoms with van der Waals surface area (Å²) in [7, 11) is 0.